The van der Waals surface area contributed by atoms with Crippen molar-refractivity contribution in [3.05, 3.63) is 424 Å². The number of hydrogen-bond donors (Lipinski definition) is 0. The summed E-state index contributed by atoms with van der Waals surface area (Å²) >= 11 is 0. The van der Waals surface area contributed by atoms with Crippen molar-refractivity contribution in [2.24, 2.45) is 56.4 Å². The standard InChI is InChI=1S/2C18H22N.2C17H22N.4C16H20N/c2*1-13-8-9-17(14(2)10-13)18-11-15-6-4-5-7-16(15)12-19(18)3;2*1-6-15-11-18(5)17(10-13(15)3)16-8-7-12(2)9-14(16)4;2*1-5-14-7-9-16(17(4)11-14)15-8-6-12(2)10-13(15)3;2*1-5-14-11-17(4)16(10-13(14)3)15-9-7-6-8-12(15)2/h2*8-12H,4-7H2,1-3H3;2*7-11H,6H2,1-5H3;4*6-11H,5H2,1-4H3/q8*+1/i1D3,6D2,7D2;;6D2;;2D3,5D2;;5D2;. The van der Waals surface area contributed by atoms with Crippen molar-refractivity contribution in [2.75, 3.05) is 0 Å². The van der Waals surface area contributed by atoms with Crippen LogP contribution in [0.3, 0.4) is 0 Å². The fraction of sp³-hybridized carbons (Fsp3) is 0.343. The van der Waals surface area contributed by atoms with Gasteiger partial charge in [0.1, 0.15) is 56.4 Å². The molecule has 142 heavy (non-hydrogen) atoms. The van der Waals surface area contributed by atoms with E-state index in [1.807, 2.05) is 99.2 Å². The average Bonchev–Trinajstić information content (AvgIpc) is 0.736. The predicted octanol–water partition coefficient (Wildman–Crippen LogP) is 28.1. The third-order valence-electron chi connectivity index (χ3n) is 27.6. The summed E-state index contributed by atoms with van der Waals surface area (Å²) in [6.45, 7) is 40.6. The maximum atomic E-state index is 8.30. The molecule has 16 aromatic rings. The Bertz CT molecular complexity index is 7830. The normalized spacial score (nSPS) is 14.5. The minimum absolute atomic E-state index is 0.136. The molecule has 0 aliphatic heterocycles. The number of benzene rings is 8. The van der Waals surface area contributed by atoms with Crippen molar-refractivity contribution in [1.29, 1.82) is 0 Å². The van der Waals surface area contributed by atoms with E-state index in [0.29, 0.717) is 22.3 Å². The van der Waals surface area contributed by atoms with Crippen LogP contribution in [0.15, 0.2) is 268 Å². The van der Waals surface area contributed by atoms with E-state index in [4.69, 9.17) is 21.9 Å². The number of aromatic nitrogens is 8. The molecule has 0 radical (unpaired) electrons. The van der Waals surface area contributed by atoms with E-state index in [2.05, 4.69) is 327 Å². The Kier molecular flexibility index (Phi) is 31.6. The lowest BCUT2D eigenvalue weighted by atomic mass is 9.91. The molecule has 2 aliphatic rings. The first-order valence-corrected chi connectivity index (χ1v) is 50.5. The van der Waals surface area contributed by atoms with E-state index < -0.39 is 45.6 Å². The van der Waals surface area contributed by atoms with Crippen molar-refractivity contribution in [3.8, 4) is 90.1 Å². The molecule has 0 fully saturated rings. The monoisotopic (exact) mass is 1910 g/mol. The van der Waals surface area contributed by atoms with Gasteiger partial charge in [-0.1, -0.05) is 184 Å². The zero-order chi connectivity index (χ0) is 117. The van der Waals surface area contributed by atoms with Gasteiger partial charge in [-0.25, -0.2) is 36.5 Å². The van der Waals surface area contributed by atoms with Gasteiger partial charge in [0.05, 0.1) is 0 Å². The van der Waals surface area contributed by atoms with Crippen molar-refractivity contribution in [2.45, 2.75) is 256 Å². The summed E-state index contributed by atoms with van der Waals surface area (Å²) in [7, 11) is 16.2. The van der Waals surface area contributed by atoms with Crippen LogP contribution in [-0.2, 0) is 120 Å². The predicted molar refractivity (Wildman–Crippen MR) is 599 cm³/mol. The molecule has 0 saturated carbocycles. The smallest absolute Gasteiger partial charge is 0.201 e. The van der Waals surface area contributed by atoms with Crippen LogP contribution >= 0.6 is 0 Å². The third kappa shape index (κ3) is 28.3. The van der Waals surface area contributed by atoms with Gasteiger partial charge >= 0.3 is 0 Å². The molecular formula is C134H168N8+8. The molecular weight excluding hydrogens is 1720 g/mol. The highest BCUT2D eigenvalue weighted by atomic mass is 15.0. The van der Waals surface area contributed by atoms with Gasteiger partial charge in [0.25, 0.3) is 0 Å². The lowest BCUT2D eigenvalue weighted by molar-refractivity contribution is -0.661. The zero-order valence-electron chi connectivity index (χ0n) is 107. The molecule has 8 aromatic heterocycles. The van der Waals surface area contributed by atoms with Gasteiger partial charge in [-0.2, -0.15) is 0 Å². The lowest BCUT2D eigenvalue weighted by Crippen LogP contribution is -2.32. The summed E-state index contributed by atoms with van der Waals surface area (Å²) in [5, 5.41) is 0. The number of hydrogen-bond acceptors (Lipinski definition) is 0. The minimum Gasteiger partial charge on any atom is -0.201 e. The maximum Gasteiger partial charge on any atom is 0.212 e. The molecule has 0 saturated heterocycles. The van der Waals surface area contributed by atoms with Gasteiger partial charge < -0.3 is 0 Å². The van der Waals surface area contributed by atoms with E-state index in [9.17, 15) is 0 Å². The second-order valence-corrected chi connectivity index (χ2v) is 38.9. The largest absolute Gasteiger partial charge is 0.212 e. The summed E-state index contributed by atoms with van der Waals surface area (Å²) < 4.78 is 142. The third-order valence-corrected chi connectivity index (χ3v) is 27.6. The van der Waals surface area contributed by atoms with Gasteiger partial charge in [-0.15, -0.1) is 0 Å². The van der Waals surface area contributed by atoms with Gasteiger partial charge in [0.15, 0.2) is 49.6 Å². The highest BCUT2D eigenvalue weighted by Crippen LogP contribution is 2.33. The van der Waals surface area contributed by atoms with Crippen LogP contribution in [0.5, 0.6) is 0 Å². The van der Waals surface area contributed by atoms with Crippen LogP contribution in [0, 0.1) is 124 Å². The Morgan fingerprint density at radius 1 is 0.218 bits per heavy atom. The fourth-order valence-corrected chi connectivity index (χ4v) is 19.4. The Hall–Kier alpha value is -13.0. The molecule has 0 spiro atoms. The molecule has 0 atom stereocenters. The number of pyridine rings is 8. The summed E-state index contributed by atoms with van der Waals surface area (Å²) in [5.74, 6) is 0. The highest BCUT2D eigenvalue weighted by Gasteiger charge is 2.26. The Morgan fingerprint density at radius 3 is 0.824 bits per heavy atom. The number of fused-ring (bicyclic) bond motifs is 2. The molecule has 0 unspecified atom stereocenters. The van der Waals surface area contributed by atoms with E-state index in [-0.39, 0.29) is 18.4 Å². The summed E-state index contributed by atoms with van der Waals surface area (Å²) in [5.41, 5.74) is 48.8. The summed E-state index contributed by atoms with van der Waals surface area (Å²) in [4.78, 5) is 0. The van der Waals surface area contributed by atoms with Gasteiger partial charge in [0, 0.05) is 159 Å². The van der Waals surface area contributed by atoms with E-state index in [1.165, 1.54) is 172 Å². The molecule has 8 heteroatoms. The van der Waals surface area contributed by atoms with Crippen molar-refractivity contribution < 1.29 is 58.5 Å². The SMILES string of the molecule is CCc1c[n+](C)c(-c2ccc(C)cc2C)cc1C.CCc1c[n+](C)c(-c2ccccc2C)cc1C.CCc1ccc(-c2ccc(C)cc2C)[n+](C)c1.Cc1ccc(-c2cc3c(c[n+]2C)CCCC3)c(C)c1.[2H]C([2H])(C)c1c[n+](C)c(-c2ccc(C)cc2C)cc1C.[2H]C([2H])(C)c1c[n+](C)c(-c2ccccc2C)cc1C.[2H]C([2H])([2H])c1ccc(-c2cc3c(c[n+]2C)C([2H])([2H])CCC3([2H])[2H])c(C)c1.[2H]C([2H])([2H])c1ccc(-c2ccc(C([2H])([2H])C)c[n+]2C)c(C)c1. The van der Waals surface area contributed by atoms with E-state index in [0.717, 1.165) is 86.5 Å². The first-order chi connectivity index (χ1) is 73.7. The van der Waals surface area contributed by atoms with Gasteiger partial charge in [-0.05, 0) is 353 Å². The number of rotatable bonds is 14. The summed E-state index contributed by atoms with van der Waals surface area (Å²) in [6.07, 6.45) is 17.9. The average molecular weight is 1910 g/mol. The lowest BCUT2D eigenvalue weighted by Gasteiger charge is -2.15. The van der Waals surface area contributed by atoms with Crippen molar-refractivity contribution in [1.82, 2.24) is 0 Å². The first kappa shape index (κ1) is 87.9. The Morgan fingerprint density at radius 2 is 0.493 bits per heavy atom. The topological polar surface area (TPSA) is 31.0 Å². The highest BCUT2D eigenvalue weighted by molar-refractivity contribution is 5.69. The molecule has 8 heterocycles. The van der Waals surface area contributed by atoms with E-state index in [1.54, 1.807) is 91.4 Å². The van der Waals surface area contributed by atoms with E-state index >= 15 is 0 Å². The van der Waals surface area contributed by atoms with Crippen LogP contribution in [0.1, 0.15) is 245 Å². The van der Waals surface area contributed by atoms with Gasteiger partial charge in [0.2, 0.25) is 45.6 Å². The van der Waals surface area contributed by atoms with Crippen molar-refractivity contribution >= 4 is 0 Å². The minimum atomic E-state index is -2.17. The molecule has 8 aromatic carbocycles. The van der Waals surface area contributed by atoms with Crippen LogP contribution in [-0.4, -0.2) is 0 Å². The Labute approximate surface area is 879 Å². The van der Waals surface area contributed by atoms with Crippen molar-refractivity contribution in [3.63, 3.8) is 0 Å². The Balaban J connectivity index is 0.000000171. The van der Waals surface area contributed by atoms with Crippen LogP contribution in [0.25, 0.3) is 90.1 Å². The number of nitrogens with zero attached hydrogens (tertiary/aromatic N) is 8. The van der Waals surface area contributed by atoms with Crippen LogP contribution in [0.4, 0.5) is 0 Å². The van der Waals surface area contributed by atoms with Gasteiger partial charge in [-0.3, -0.25) is 0 Å². The fourth-order valence-electron chi connectivity index (χ4n) is 19.4. The molecule has 0 bridgehead atoms. The molecule has 18 rings (SSSR count). The zero-order valence-corrected chi connectivity index (χ0v) is 90.8. The second-order valence-electron chi connectivity index (χ2n) is 38.9. The molecule has 736 valence electrons. The molecule has 8 nitrogen and oxygen atoms in total. The quantitative estimate of drug-likeness (QED) is 0.0972. The maximum absolute atomic E-state index is 8.30. The first-order valence-electron chi connectivity index (χ1n) is 58.5. The molecule has 0 amide bonds. The molecule has 2 aliphatic carbocycles. The van der Waals surface area contributed by atoms with Crippen LogP contribution in [0.2, 0.25) is 0 Å². The second kappa shape index (κ2) is 51.1. The molecule has 0 N–H and O–H groups in total. The van der Waals surface area contributed by atoms with Crippen LogP contribution < -0.4 is 36.5 Å². The number of aryl methyl sites for hydroxylation is 36. The summed E-state index contributed by atoms with van der Waals surface area (Å²) in [6, 6.07) is 74.3.